The van der Waals surface area contributed by atoms with E-state index in [1.807, 2.05) is 0 Å². The molecule has 0 radical (unpaired) electrons. The van der Waals surface area contributed by atoms with Crippen molar-refractivity contribution in [3.63, 3.8) is 0 Å². The third kappa shape index (κ3) is 5.65. The lowest BCUT2D eigenvalue weighted by Gasteiger charge is -2.07. The molecule has 0 fully saturated rings. The summed E-state index contributed by atoms with van der Waals surface area (Å²) in [7, 11) is 0. The monoisotopic (exact) mass is 370 g/mol. The molecule has 0 aliphatic heterocycles. The van der Waals surface area contributed by atoms with Gasteiger partial charge in [0.2, 0.25) is 10.6 Å². The van der Waals surface area contributed by atoms with E-state index in [2.05, 4.69) is 27.8 Å². The predicted molar refractivity (Wildman–Crippen MR) is 84.3 cm³/mol. The fraction of sp³-hybridized carbons (Fsp3) is 0.286. The zero-order valence-electron chi connectivity index (χ0n) is 11.7. The number of unbranched alkanes of at least 4 members (excludes halogenated alkanes) is 1. The molecule has 7 nitrogen and oxygen atoms in total. The third-order valence-electron chi connectivity index (χ3n) is 2.70. The summed E-state index contributed by atoms with van der Waals surface area (Å²) in [6.45, 7) is 4.08. The minimum Gasteiger partial charge on any atom is -0.487 e. The lowest BCUT2D eigenvalue weighted by Crippen LogP contribution is -2.22. The number of halogens is 1. The summed E-state index contributed by atoms with van der Waals surface area (Å²) in [6, 6.07) is 4.01. The van der Waals surface area contributed by atoms with Gasteiger partial charge in [0.25, 0.3) is 0 Å². The van der Waals surface area contributed by atoms with Gasteiger partial charge in [0, 0.05) is 18.2 Å². The number of hydrogen-bond donors (Lipinski definition) is 1. The number of nitrogens with zero attached hydrogens (tertiary/aromatic N) is 1. The maximum Gasteiger partial charge on any atom is 0.311 e. The molecule has 8 heteroatoms. The Morgan fingerprint density at radius 2 is 2.14 bits per heavy atom. The van der Waals surface area contributed by atoms with E-state index in [1.165, 1.54) is 18.2 Å². The number of carbonyl (C=O) groups is 2. The second-order valence-corrected chi connectivity index (χ2v) is 4.98. The Morgan fingerprint density at radius 3 is 2.73 bits per heavy atom. The molecule has 0 atom stereocenters. The van der Waals surface area contributed by atoms with E-state index in [0.29, 0.717) is 19.4 Å². The topological polar surface area (TPSA) is 98.5 Å². The van der Waals surface area contributed by atoms with Gasteiger partial charge in [-0.15, -0.1) is 0 Å². The molecule has 0 heterocycles. The van der Waals surface area contributed by atoms with Crippen molar-refractivity contribution in [2.75, 3.05) is 13.2 Å². The van der Waals surface area contributed by atoms with Crippen LogP contribution in [0.5, 0.6) is 5.75 Å². The quantitative estimate of drug-likeness (QED) is 0.237. The van der Waals surface area contributed by atoms with E-state index >= 15 is 0 Å². The third-order valence-corrected chi connectivity index (χ3v) is 3.15. The molecule has 1 N–H and O–H groups in total. The number of amides is 1. The summed E-state index contributed by atoms with van der Waals surface area (Å²) >= 11 is 2.75. The van der Waals surface area contributed by atoms with E-state index in [4.69, 9.17) is 4.74 Å². The average molecular weight is 371 g/mol. The van der Waals surface area contributed by atoms with Gasteiger partial charge in [-0.3, -0.25) is 19.7 Å². The predicted octanol–water partition coefficient (Wildman–Crippen LogP) is 2.59. The van der Waals surface area contributed by atoms with E-state index in [9.17, 15) is 19.7 Å². The molecule has 0 unspecified atom stereocenters. The van der Waals surface area contributed by atoms with Gasteiger partial charge in [0.1, 0.15) is 0 Å². The number of benzene rings is 1. The van der Waals surface area contributed by atoms with Gasteiger partial charge in [-0.1, -0.05) is 6.58 Å². The lowest BCUT2D eigenvalue weighted by atomic mass is 10.2. The largest absolute Gasteiger partial charge is 0.487 e. The molecule has 1 aromatic rings. The van der Waals surface area contributed by atoms with Crippen molar-refractivity contribution in [1.82, 2.24) is 5.32 Å². The van der Waals surface area contributed by atoms with Crippen LogP contribution in [0.15, 0.2) is 30.9 Å². The van der Waals surface area contributed by atoms with Crippen molar-refractivity contribution < 1.29 is 19.2 Å². The molecule has 0 spiro atoms. The van der Waals surface area contributed by atoms with Crippen LogP contribution in [0.1, 0.15) is 23.2 Å². The van der Waals surface area contributed by atoms with Gasteiger partial charge in [0.15, 0.2) is 5.75 Å². The van der Waals surface area contributed by atoms with Gasteiger partial charge in [-0.25, -0.2) is 0 Å². The van der Waals surface area contributed by atoms with Crippen molar-refractivity contribution in [2.24, 2.45) is 0 Å². The second kappa shape index (κ2) is 8.93. The van der Waals surface area contributed by atoms with Crippen LogP contribution >= 0.6 is 15.9 Å². The summed E-state index contributed by atoms with van der Waals surface area (Å²) in [5, 5.41) is 13.6. The highest BCUT2D eigenvalue weighted by Gasteiger charge is 2.17. The average Bonchev–Trinajstić information content (AvgIpc) is 2.50. The van der Waals surface area contributed by atoms with Crippen LogP contribution in [0.3, 0.4) is 0 Å². The summed E-state index contributed by atoms with van der Waals surface area (Å²) in [5.41, 5.74) is -0.0727. The Hall–Kier alpha value is -2.22. The molecule has 1 amide bonds. The molecule has 0 aliphatic rings. The van der Waals surface area contributed by atoms with Crippen molar-refractivity contribution >= 4 is 32.2 Å². The molecule has 118 valence electrons. The van der Waals surface area contributed by atoms with E-state index in [-0.39, 0.29) is 29.5 Å². The molecule has 1 aromatic carbocycles. The summed E-state index contributed by atoms with van der Waals surface area (Å²) < 4.78 is 4.93. The van der Waals surface area contributed by atoms with Crippen molar-refractivity contribution in [3.8, 4) is 5.75 Å². The lowest BCUT2D eigenvalue weighted by molar-refractivity contribution is -0.385. The van der Waals surface area contributed by atoms with Crippen LogP contribution in [0, 0.1) is 10.1 Å². The van der Waals surface area contributed by atoms with Gasteiger partial charge >= 0.3 is 5.69 Å². The molecule has 0 aromatic heterocycles. The normalized spacial score (nSPS) is 9.86. The fourth-order valence-electron chi connectivity index (χ4n) is 1.60. The smallest absolute Gasteiger partial charge is 0.311 e. The highest BCUT2D eigenvalue weighted by Crippen LogP contribution is 2.28. The van der Waals surface area contributed by atoms with Crippen LogP contribution in [-0.4, -0.2) is 28.7 Å². The van der Waals surface area contributed by atoms with Gasteiger partial charge in [-0.05, 0) is 47.0 Å². The number of carbonyl (C=O) groups excluding carboxylic acids is 2. The Bertz CT molecular complexity index is 589. The molecule has 0 saturated carbocycles. The van der Waals surface area contributed by atoms with E-state index in [0.717, 1.165) is 6.07 Å². The summed E-state index contributed by atoms with van der Waals surface area (Å²) in [6.07, 6.45) is 2.48. The second-order valence-electron chi connectivity index (χ2n) is 4.26. The molecule has 0 saturated heterocycles. The number of nitrogens with one attached hydrogen (secondary N) is 1. The minimum atomic E-state index is -0.598. The first-order chi connectivity index (χ1) is 10.5. The van der Waals surface area contributed by atoms with Gasteiger partial charge < -0.3 is 10.1 Å². The van der Waals surface area contributed by atoms with Crippen molar-refractivity contribution in [3.05, 3.63) is 46.5 Å². The highest BCUT2D eigenvalue weighted by atomic mass is 79.9. The van der Waals surface area contributed by atoms with Gasteiger partial charge in [0.05, 0.1) is 11.5 Å². The van der Waals surface area contributed by atoms with E-state index in [1.54, 1.807) is 0 Å². The maximum atomic E-state index is 11.2. The summed E-state index contributed by atoms with van der Waals surface area (Å²) in [4.78, 5) is 32.4. The minimum absolute atomic E-state index is 0.109. The molecular formula is C14H15BrN2O5. The van der Waals surface area contributed by atoms with Crippen molar-refractivity contribution in [2.45, 2.75) is 12.8 Å². The Labute approximate surface area is 135 Å². The first kappa shape index (κ1) is 17.8. The van der Waals surface area contributed by atoms with Crippen LogP contribution in [0.25, 0.3) is 0 Å². The van der Waals surface area contributed by atoms with Crippen LogP contribution < -0.4 is 10.1 Å². The zero-order chi connectivity index (χ0) is 16.5. The Morgan fingerprint density at radius 1 is 1.41 bits per heavy atom. The van der Waals surface area contributed by atoms with Crippen molar-refractivity contribution in [1.29, 1.82) is 0 Å². The summed E-state index contributed by atoms with van der Waals surface area (Å²) in [5.74, 6) is -0.135. The SMILES string of the molecule is C=CC(=O)NCCCCOc1ccc(C(=O)Br)cc1[N+](=O)[O-]. The van der Waals surface area contributed by atoms with E-state index < -0.39 is 9.62 Å². The highest BCUT2D eigenvalue weighted by molar-refractivity contribution is 9.18. The molecule has 22 heavy (non-hydrogen) atoms. The number of nitro groups is 1. The first-order valence-electron chi connectivity index (χ1n) is 6.47. The number of ether oxygens (including phenoxy) is 1. The van der Waals surface area contributed by atoms with Crippen LogP contribution in [0.4, 0.5) is 5.69 Å². The molecular weight excluding hydrogens is 356 g/mol. The Balaban J connectivity index is 2.52. The fourth-order valence-corrected chi connectivity index (χ4v) is 1.84. The Kier molecular flexibility index (Phi) is 7.24. The maximum absolute atomic E-state index is 11.2. The molecule has 1 rings (SSSR count). The zero-order valence-corrected chi connectivity index (χ0v) is 13.3. The number of hydrogen-bond acceptors (Lipinski definition) is 5. The van der Waals surface area contributed by atoms with Gasteiger partial charge in [-0.2, -0.15) is 0 Å². The molecule has 0 bridgehead atoms. The number of nitro benzene ring substituents is 1. The standard InChI is InChI=1S/C14H15BrN2O5/c1-2-13(18)16-7-3-4-8-22-12-6-5-10(14(15)19)9-11(12)17(20)21/h2,5-6,9H,1,3-4,7-8H2,(H,16,18). The van der Waals surface area contributed by atoms with Crippen LogP contribution in [0.2, 0.25) is 0 Å². The first-order valence-corrected chi connectivity index (χ1v) is 7.26. The number of rotatable bonds is 9. The van der Waals surface area contributed by atoms with Crippen LogP contribution in [-0.2, 0) is 4.79 Å². The molecule has 0 aliphatic carbocycles.